The third-order valence-corrected chi connectivity index (χ3v) is 8.37. The predicted octanol–water partition coefficient (Wildman–Crippen LogP) is 5.26. The van der Waals surface area contributed by atoms with Gasteiger partial charge in [0.25, 0.3) is 5.91 Å². The van der Waals surface area contributed by atoms with Gasteiger partial charge in [0.1, 0.15) is 0 Å². The van der Waals surface area contributed by atoms with Crippen LogP contribution in [0.3, 0.4) is 0 Å². The van der Waals surface area contributed by atoms with Crippen molar-refractivity contribution in [1.82, 2.24) is 15.2 Å². The minimum atomic E-state index is -0.865. The van der Waals surface area contributed by atoms with Crippen LogP contribution in [0, 0.1) is 0 Å². The molecule has 1 saturated heterocycles. The molecule has 1 amide bonds. The summed E-state index contributed by atoms with van der Waals surface area (Å²) in [5.41, 5.74) is 5.76. The number of pyridine rings is 1. The topological polar surface area (TPSA) is 110 Å². The third kappa shape index (κ3) is 9.33. The van der Waals surface area contributed by atoms with Gasteiger partial charge in [-0.2, -0.15) is 0 Å². The van der Waals surface area contributed by atoms with E-state index in [4.69, 9.17) is 14.2 Å². The van der Waals surface area contributed by atoms with E-state index in [1.807, 2.05) is 91.1 Å². The minimum absolute atomic E-state index is 0.0290. The molecule has 4 aromatic rings. The van der Waals surface area contributed by atoms with Crippen LogP contribution < -0.4 is 5.32 Å². The van der Waals surface area contributed by atoms with Gasteiger partial charge < -0.3 is 29.5 Å². The summed E-state index contributed by atoms with van der Waals surface area (Å²) in [6, 6.07) is 32.0. The zero-order valence-corrected chi connectivity index (χ0v) is 27.1. The molecule has 2 N–H and O–H groups in total. The van der Waals surface area contributed by atoms with Crippen LogP contribution in [0.15, 0.2) is 103 Å². The SMILES string of the molecule is CC(=O)OC(C)C(=O)NCc1ccc(C2OC(CN(C)CCc3ccccn3)C(c3ccccc3)C(c3ccc(CO)cc3)O2)cc1. The van der Waals surface area contributed by atoms with Crippen molar-refractivity contribution in [2.24, 2.45) is 0 Å². The van der Waals surface area contributed by atoms with Gasteiger partial charge in [0, 0.05) is 56.4 Å². The van der Waals surface area contributed by atoms with E-state index in [1.165, 1.54) is 6.92 Å². The number of carbonyl (C=O) groups excluding carboxylic acids is 2. The molecule has 1 aliphatic rings. The second-order valence-corrected chi connectivity index (χ2v) is 11.9. The number of benzene rings is 3. The molecule has 0 aliphatic carbocycles. The fourth-order valence-corrected chi connectivity index (χ4v) is 5.84. The highest BCUT2D eigenvalue weighted by atomic mass is 16.7. The molecule has 47 heavy (non-hydrogen) atoms. The van der Waals surface area contributed by atoms with Crippen molar-refractivity contribution in [3.63, 3.8) is 0 Å². The summed E-state index contributed by atoms with van der Waals surface area (Å²) in [6.45, 7) is 4.56. The Morgan fingerprint density at radius 3 is 2.23 bits per heavy atom. The number of nitrogens with zero attached hydrogens (tertiary/aromatic N) is 2. The first kappa shape index (κ1) is 33.9. The first-order valence-corrected chi connectivity index (χ1v) is 16.0. The van der Waals surface area contributed by atoms with Gasteiger partial charge in [-0.3, -0.25) is 14.6 Å². The fraction of sp³-hybridized carbons (Fsp3) is 0.342. The molecular weight excluding hydrogens is 594 g/mol. The Bertz CT molecular complexity index is 1570. The summed E-state index contributed by atoms with van der Waals surface area (Å²) in [7, 11) is 2.11. The van der Waals surface area contributed by atoms with Gasteiger partial charge in [-0.15, -0.1) is 0 Å². The predicted molar refractivity (Wildman–Crippen MR) is 178 cm³/mol. The molecule has 0 bridgehead atoms. The van der Waals surface area contributed by atoms with Crippen molar-refractivity contribution >= 4 is 11.9 Å². The first-order valence-electron chi connectivity index (χ1n) is 16.0. The van der Waals surface area contributed by atoms with E-state index in [9.17, 15) is 14.7 Å². The summed E-state index contributed by atoms with van der Waals surface area (Å²) in [4.78, 5) is 30.3. The first-order chi connectivity index (χ1) is 22.8. The van der Waals surface area contributed by atoms with Crippen LogP contribution in [-0.2, 0) is 43.4 Å². The maximum absolute atomic E-state index is 12.3. The summed E-state index contributed by atoms with van der Waals surface area (Å²) >= 11 is 0. The second kappa shape index (κ2) is 16.4. The summed E-state index contributed by atoms with van der Waals surface area (Å²) in [5.74, 6) is -0.960. The van der Waals surface area contributed by atoms with Crippen LogP contribution in [0.5, 0.6) is 0 Å². The number of rotatable bonds is 13. The Hall–Kier alpha value is -4.41. The number of amides is 1. The third-order valence-electron chi connectivity index (χ3n) is 8.37. The van der Waals surface area contributed by atoms with E-state index in [2.05, 4.69) is 34.4 Å². The lowest BCUT2D eigenvalue weighted by Crippen LogP contribution is -2.43. The number of hydrogen-bond donors (Lipinski definition) is 2. The molecular formula is C38H43N3O6. The van der Waals surface area contributed by atoms with Gasteiger partial charge in [-0.05, 0) is 48.4 Å². The zero-order valence-electron chi connectivity index (χ0n) is 27.1. The Balaban J connectivity index is 1.39. The van der Waals surface area contributed by atoms with Crippen molar-refractivity contribution < 1.29 is 28.9 Å². The number of nitrogens with one attached hydrogen (secondary N) is 1. The number of likely N-dealkylation sites (N-methyl/N-ethyl adjacent to an activating group) is 1. The molecule has 2 heterocycles. The van der Waals surface area contributed by atoms with Gasteiger partial charge in [0.05, 0.1) is 18.8 Å². The van der Waals surface area contributed by atoms with Crippen molar-refractivity contribution in [2.75, 3.05) is 20.1 Å². The highest BCUT2D eigenvalue weighted by molar-refractivity contribution is 5.82. The van der Waals surface area contributed by atoms with E-state index in [0.29, 0.717) is 6.54 Å². The van der Waals surface area contributed by atoms with Crippen molar-refractivity contribution in [1.29, 1.82) is 0 Å². The Morgan fingerprint density at radius 2 is 1.57 bits per heavy atom. The lowest BCUT2D eigenvalue weighted by Gasteiger charge is -2.44. The molecule has 5 atom stereocenters. The Labute approximate surface area is 276 Å². The van der Waals surface area contributed by atoms with Crippen LogP contribution in [0.2, 0.25) is 0 Å². The average molecular weight is 638 g/mol. The fourth-order valence-electron chi connectivity index (χ4n) is 5.84. The summed E-state index contributed by atoms with van der Waals surface area (Å²) in [5, 5.41) is 12.5. The largest absolute Gasteiger partial charge is 0.453 e. The van der Waals surface area contributed by atoms with E-state index >= 15 is 0 Å². The van der Waals surface area contributed by atoms with Gasteiger partial charge in [0.15, 0.2) is 12.4 Å². The molecule has 5 rings (SSSR count). The standard InChI is InChI=1S/C38H43N3O6/c1-26(45-27(2)43)37(44)40-23-28-12-18-32(19-13-28)38-46-34(24-41(3)22-20-33-11-7-8-21-39-33)35(30-9-5-4-6-10-30)36(47-38)31-16-14-29(25-42)15-17-31/h4-19,21,26,34-36,38,42H,20,22-25H2,1-3H3,(H,40,44). The molecule has 5 unspecified atom stereocenters. The zero-order chi connectivity index (χ0) is 33.2. The lowest BCUT2D eigenvalue weighted by atomic mass is 9.83. The maximum atomic E-state index is 12.3. The molecule has 1 aromatic heterocycles. The number of esters is 1. The number of carbonyl (C=O) groups is 2. The van der Waals surface area contributed by atoms with E-state index in [1.54, 1.807) is 6.92 Å². The van der Waals surface area contributed by atoms with E-state index in [0.717, 1.165) is 46.5 Å². The smallest absolute Gasteiger partial charge is 0.303 e. The summed E-state index contributed by atoms with van der Waals surface area (Å²) in [6.07, 6.45) is 0.607. The molecule has 0 spiro atoms. The maximum Gasteiger partial charge on any atom is 0.303 e. The minimum Gasteiger partial charge on any atom is -0.453 e. The quantitative estimate of drug-likeness (QED) is 0.191. The van der Waals surface area contributed by atoms with Crippen molar-refractivity contribution in [2.45, 2.75) is 63.9 Å². The average Bonchev–Trinajstić information content (AvgIpc) is 3.10. The number of aromatic nitrogens is 1. The number of hydrogen-bond acceptors (Lipinski definition) is 8. The van der Waals surface area contributed by atoms with Crippen molar-refractivity contribution in [3.05, 3.63) is 137 Å². The van der Waals surface area contributed by atoms with Gasteiger partial charge in [-0.1, -0.05) is 84.9 Å². The highest BCUT2D eigenvalue weighted by Gasteiger charge is 2.42. The van der Waals surface area contributed by atoms with Crippen LogP contribution in [-0.4, -0.2) is 59.2 Å². The normalized spacial score (nSPS) is 20.0. The Morgan fingerprint density at radius 1 is 0.894 bits per heavy atom. The molecule has 246 valence electrons. The van der Waals surface area contributed by atoms with Gasteiger partial charge >= 0.3 is 5.97 Å². The monoisotopic (exact) mass is 637 g/mol. The molecule has 0 radical (unpaired) electrons. The van der Waals surface area contributed by atoms with Crippen molar-refractivity contribution in [3.8, 4) is 0 Å². The van der Waals surface area contributed by atoms with Crippen LogP contribution in [0.4, 0.5) is 0 Å². The number of aliphatic hydroxyl groups excluding tert-OH is 1. The highest BCUT2D eigenvalue weighted by Crippen LogP contribution is 2.47. The molecule has 0 saturated carbocycles. The van der Waals surface area contributed by atoms with Gasteiger partial charge in [0.2, 0.25) is 0 Å². The molecule has 9 heteroatoms. The molecule has 9 nitrogen and oxygen atoms in total. The number of ether oxygens (including phenoxy) is 3. The van der Waals surface area contributed by atoms with E-state index in [-0.39, 0.29) is 37.2 Å². The number of aliphatic hydroxyl groups is 1. The van der Waals surface area contributed by atoms with Crippen LogP contribution in [0.1, 0.15) is 65.7 Å². The summed E-state index contributed by atoms with van der Waals surface area (Å²) < 4.78 is 18.6. The second-order valence-electron chi connectivity index (χ2n) is 11.9. The molecule has 1 aliphatic heterocycles. The molecule has 3 aromatic carbocycles. The lowest BCUT2D eigenvalue weighted by molar-refractivity contribution is -0.263. The van der Waals surface area contributed by atoms with Crippen LogP contribution >= 0.6 is 0 Å². The van der Waals surface area contributed by atoms with Gasteiger partial charge in [-0.25, -0.2) is 0 Å². The van der Waals surface area contributed by atoms with Crippen LogP contribution in [0.25, 0.3) is 0 Å². The Kier molecular flexibility index (Phi) is 11.9. The molecule has 1 fully saturated rings. The van der Waals surface area contributed by atoms with E-state index < -0.39 is 18.4 Å².